The molecule has 0 radical (unpaired) electrons. The lowest BCUT2D eigenvalue weighted by atomic mass is 10.2. The molecule has 7 heteroatoms. The van der Waals surface area contributed by atoms with Crippen LogP contribution in [-0.2, 0) is 12.3 Å². The Bertz CT molecular complexity index is 891. The second-order valence-corrected chi connectivity index (χ2v) is 7.86. The van der Waals surface area contributed by atoms with Gasteiger partial charge in [-0.1, -0.05) is 25.6 Å². The van der Waals surface area contributed by atoms with Crippen molar-refractivity contribution in [3.8, 4) is 0 Å². The molecule has 0 spiro atoms. The smallest absolute Gasteiger partial charge is 0.268 e. The van der Waals surface area contributed by atoms with Gasteiger partial charge in [0.15, 0.2) is 5.16 Å². The van der Waals surface area contributed by atoms with Gasteiger partial charge in [-0.15, -0.1) is 11.3 Å². The predicted octanol–water partition coefficient (Wildman–Crippen LogP) is 3.75. The van der Waals surface area contributed by atoms with E-state index in [0.29, 0.717) is 22.2 Å². The molecule has 0 aromatic carbocycles. The van der Waals surface area contributed by atoms with Crippen molar-refractivity contribution in [1.29, 1.82) is 0 Å². The van der Waals surface area contributed by atoms with Gasteiger partial charge in [0, 0.05) is 12.2 Å². The standard InChI is InChI=1S/C16H20N4OS2/c1-9(2)7-20-11(4)10(3)17-16(20)23-8-13-18-12-5-6-22-14(12)15(21)19-13/h5-6,9H,7-8H2,1-4H3,(H,18,19,21). The maximum absolute atomic E-state index is 12.0. The monoisotopic (exact) mass is 348 g/mol. The van der Waals surface area contributed by atoms with E-state index >= 15 is 0 Å². The molecular weight excluding hydrogens is 328 g/mol. The first-order valence-corrected chi connectivity index (χ1v) is 9.45. The average Bonchev–Trinajstić information content (AvgIpc) is 3.05. The Morgan fingerprint density at radius 2 is 2.13 bits per heavy atom. The number of imidazole rings is 1. The molecule has 0 bridgehead atoms. The van der Waals surface area contributed by atoms with E-state index < -0.39 is 0 Å². The Morgan fingerprint density at radius 3 is 2.87 bits per heavy atom. The maximum atomic E-state index is 12.0. The Kier molecular flexibility index (Phi) is 4.59. The fourth-order valence-corrected chi connectivity index (χ4v) is 4.13. The molecule has 3 aromatic heterocycles. The van der Waals surface area contributed by atoms with Crippen LogP contribution in [0.5, 0.6) is 0 Å². The van der Waals surface area contributed by atoms with Crippen molar-refractivity contribution in [2.45, 2.75) is 45.1 Å². The van der Waals surface area contributed by atoms with Crippen LogP contribution in [0.3, 0.4) is 0 Å². The lowest BCUT2D eigenvalue weighted by Gasteiger charge is -2.12. The highest BCUT2D eigenvalue weighted by atomic mass is 32.2. The van der Waals surface area contributed by atoms with Crippen LogP contribution in [0.25, 0.3) is 10.2 Å². The first-order chi connectivity index (χ1) is 11.0. The van der Waals surface area contributed by atoms with Crippen molar-refractivity contribution in [2.75, 3.05) is 0 Å². The first-order valence-electron chi connectivity index (χ1n) is 7.58. The van der Waals surface area contributed by atoms with Gasteiger partial charge in [-0.3, -0.25) is 4.79 Å². The van der Waals surface area contributed by atoms with Crippen LogP contribution in [0.1, 0.15) is 31.1 Å². The molecule has 3 rings (SSSR count). The quantitative estimate of drug-likeness (QED) is 0.713. The normalized spacial score (nSPS) is 11.7. The number of nitrogens with zero attached hydrogens (tertiary/aromatic N) is 3. The molecule has 0 fully saturated rings. The van der Waals surface area contributed by atoms with E-state index in [-0.39, 0.29) is 5.56 Å². The number of aromatic amines is 1. The molecule has 122 valence electrons. The van der Waals surface area contributed by atoms with E-state index in [2.05, 4.69) is 40.3 Å². The van der Waals surface area contributed by atoms with Gasteiger partial charge in [-0.05, 0) is 31.2 Å². The molecule has 0 aliphatic rings. The third-order valence-corrected chi connectivity index (χ3v) is 5.56. The van der Waals surface area contributed by atoms with Gasteiger partial charge in [0.05, 0.1) is 17.0 Å². The number of thiophene rings is 1. The molecule has 23 heavy (non-hydrogen) atoms. The summed E-state index contributed by atoms with van der Waals surface area (Å²) in [4.78, 5) is 24.1. The summed E-state index contributed by atoms with van der Waals surface area (Å²) in [5, 5.41) is 2.88. The number of aryl methyl sites for hydroxylation is 1. The number of hydrogen-bond donors (Lipinski definition) is 1. The Hall–Kier alpha value is -1.60. The molecule has 0 aliphatic heterocycles. The van der Waals surface area contributed by atoms with Crippen molar-refractivity contribution >= 4 is 33.3 Å². The minimum absolute atomic E-state index is 0.0570. The molecule has 0 saturated heterocycles. The van der Waals surface area contributed by atoms with Crippen LogP contribution in [0, 0.1) is 19.8 Å². The van der Waals surface area contributed by atoms with Crippen molar-refractivity contribution < 1.29 is 0 Å². The third kappa shape index (κ3) is 3.35. The summed E-state index contributed by atoms with van der Waals surface area (Å²) in [5.41, 5.74) is 2.98. The zero-order chi connectivity index (χ0) is 16.6. The van der Waals surface area contributed by atoms with E-state index in [4.69, 9.17) is 0 Å². The van der Waals surface area contributed by atoms with Crippen LogP contribution in [-0.4, -0.2) is 19.5 Å². The van der Waals surface area contributed by atoms with E-state index in [1.54, 1.807) is 11.8 Å². The molecule has 0 atom stereocenters. The Labute approximate surface area is 143 Å². The molecule has 5 nitrogen and oxygen atoms in total. The summed E-state index contributed by atoms with van der Waals surface area (Å²) < 4.78 is 2.94. The summed E-state index contributed by atoms with van der Waals surface area (Å²) in [5.74, 6) is 1.86. The topological polar surface area (TPSA) is 63.6 Å². The van der Waals surface area contributed by atoms with Crippen molar-refractivity contribution in [3.63, 3.8) is 0 Å². The first kappa shape index (κ1) is 16.3. The summed E-state index contributed by atoms with van der Waals surface area (Å²) in [6.07, 6.45) is 0. The SMILES string of the molecule is Cc1nc(SCc2nc3ccsc3c(=O)[nH]2)n(CC(C)C)c1C. The highest BCUT2D eigenvalue weighted by Gasteiger charge is 2.14. The number of hydrogen-bond acceptors (Lipinski definition) is 5. The number of rotatable bonds is 5. The molecule has 3 aromatic rings. The molecule has 0 aliphatic carbocycles. The molecule has 3 heterocycles. The highest BCUT2D eigenvalue weighted by molar-refractivity contribution is 7.98. The van der Waals surface area contributed by atoms with Crippen molar-refractivity contribution in [3.05, 3.63) is 39.0 Å². The van der Waals surface area contributed by atoms with Gasteiger partial charge in [-0.25, -0.2) is 9.97 Å². The molecule has 0 amide bonds. The average molecular weight is 348 g/mol. The number of aromatic nitrogens is 4. The van der Waals surface area contributed by atoms with Crippen molar-refractivity contribution in [2.24, 2.45) is 5.92 Å². The summed E-state index contributed by atoms with van der Waals surface area (Å²) in [6.45, 7) is 9.49. The van der Waals surface area contributed by atoms with Crippen LogP contribution in [0.2, 0.25) is 0 Å². The second-order valence-electron chi connectivity index (χ2n) is 6.01. The Balaban J connectivity index is 1.84. The minimum Gasteiger partial charge on any atom is -0.323 e. The zero-order valence-corrected chi connectivity index (χ0v) is 15.3. The second kappa shape index (κ2) is 6.49. The van der Waals surface area contributed by atoms with Gasteiger partial charge in [-0.2, -0.15) is 0 Å². The maximum Gasteiger partial charge on any atom is 0.268 e. The molecule has 0 unspecified atom stereocenters. The van der Waals surface area contributed by atoms with Crippen LogP contribution >= 0.6 is 23.1 Å². The van der Waals surface area contributed by atoms with Gasteiger partial charge in [0.1, 0.15) is 10.5 Å². The number of nitrogens with one attached hydrogen (secondary N) is 1. The van der Waals surface area contributed by atoms with Crippen LogP contribution < -0.4 is 5.56 Å². The highest BCUT2D eigenvalue weighted by Crippen LogP contribution is 2.25. The van der Waals surface area contributed by atoms with E-state index in [1.165, 1.54) is 17.0 Å². The largest absolute Gasteiger partial charge is 0.323 e. The Morgan fingerprint density at radius 1 is 1.35 bits per heavy atom. The van der Waals surface area contributed by atoms with E-state index in [1.807, 2.05) is 18.4 Å². The fourth-order valence-electron chi connectivity index (χ4n) is 2.44. The van der Waals surface area contributed by atoms with Crippen LogP contribution in [0.15, 0.2) is 21.4 Å². The number of H-pyrrole nitrogens is 1. The van der Waals surface area contributed by atoms with E-state index in [9.17, 15) is 4.79 Å². The third-order valence-electron chi connectivity index (χ3n) is 3.67. The van der Waals surface area contributed by atoms with Gasteiger partial charge in [0.25, 0.3) is 5.56 Å². The minimum atomic E-state index is -0.0570. The summed E-state index contributed by atoms with van der Waals surface area (Å²) >= 11 is 3.04. The van der Waals surface area contributed by atoms with Gasteiger partial charge in [0.2, 0.25) is 0 Å². The molecule has 0 saturated carbocycles. The number of fused-ring (bicyclic) bond motifs is 1. The van der Waals surface area contributed by atoms with Crippen LogP contribution in [0.4, 0.5) is 0 Å². The number of thioether (sulfide) groups is 1. The fraction of sp³-hybridized carbons (Fsp3) is 0.438. The molecule has 1 N–H and O–H groups in total. The summed E-state index contributed by atoms with van der Waals surface area (Å²) in [6, 6.07) is 1.89. The van der Waals surface area contributed by atoms with Gasteiger partial charge < -0.3 is 9.55 Å². The van der Waals surface area contributed by atoms with Crippen molar-refractivity contribution in [1.82, 2.24) is 19.5 Å². The summed E-state index contributed by atoms with van der Waals surface area (Å²) in [7, 11) is 0. The van der Waals surface area contributed by atoms with E-state index in [0.717, 1.165) is 22.9 Å². The lowest BCUT2D eigenvalue weighted by Crippen LogP contribution is -2.10. The lowest BCUT2D eigenvalue weighted by molar-refractivity contribution is 0.486. The zero-order valence-electron chi connectivity index (χ0n) is 13.7. The molecular formula is C16H20N4OS2. The predicted molar refractivity (Wildman–Crippen MR) is 96.3 cm³/mol. The van der Waals surface area contributed by atoms with Gasteiger partial charge >= 0.3 is 0 Å².